The predicted molar refractivity (Wildman–Crippen MR) is 143 cm³/mol. The largest absolute Gasteiger partial charge is 0.497 e. The summed E-state index contributed by atoms with van der Waals surface area (Å²) in [7, 11) is 3.27. The summed E-state index contributed by atoms with van der Waals surface area (Å²) < 4.78 is 12.5. The van der Waals surface area contributed by atoms with Crippen LogP contribution in [0.5, 0.6) is 11.5 Å². The third-order valence-corrected chi connectivity index (χ3v) is 6.45. The summed E-state index contributed by atoms with van der Waals surface area (Å²) in [5.74, 6) is 2.86. The molecule has 1 heterocycles. The van der Waals surface area contributed by atoms with E-state index in [0.717, 1.165) is 45.1 Å². The number of para-hydroxylation sites is 1. The minimum absolute atomic E-state index is 0.0528. The minimum atomic E-state index is -0.0528. The van der Waals surface area contributed by atoms with Crippen molar-refractivity contribution in [2.45, 2.75) is 25.0 Å². The number of carbonyl (C=O) groups excluding carboxylic acids is 1. The summed E-state index contributed by atoms with van der Waals surface area (Å²) in [6.45, 7) is 2.43. The number of ether oxygens (including phenoxy) is 2. The Kier molecular flexibility index (Phi) is 8.46. The second kappa shape index (κ2) is 12.1. The molecule has 8 nitrogen and oxygen atoms in total. The van der Waals surface area contributed by atoms with Crippen LogP contribution < -0.4 is 20.1 Å². The number of anilines is 2. The number of hydrogen-bond acceptors (Lipinski definition) is 7. The molecular weight excluding hydrogens is 474 g/mol. The molecule has 0 fully saturated rings. The minimum Gasteiger partial charge on any atom is -0.497 e. The Morgan fingerprint density at radius 3 is 2.36 bits per heavy atom. The van der Waals surface area contributed by atoms with E-state index in [2.05, 4.69) is 20.8 Å². The Morgan fingerprint density at radius 1 is 0.944 bits per heavy atom. The molecule has 0 aliphatic heterocycles. The van der Waals surface area contributed by atoms with Crippen molar-refractivity contribution in [1.82, 2.24) is 14.8 Å². The summed E-state index contributed by atoms with van der Waals surface area (Å²) in [4.78, 5) is 12.6. The lowest BCUT2D eigenvalue weighted by Crippen LogP contribution is -2.13. The lowest BCUT2D eigenvalue weighted by Gasteiger charge is -2.12. The van der Waals surface area contributed by atoms with E-state index in [1.165, 1.54) is 11.8 Å². The third kappa shape index (κ3) is 6.37. The van der Waals surface area contributed by atoms with Crippen LogP contribution >= 0.6 is 11.8 Å². The highest BCUT2D eigenvalue weighted by Crippen LogP contribution is 2.25. The molecule has 0 aliphatic carbocycles. The number of nitrogens with one attached hydrogen (secondary N) is 2. The van der Waals surface area contributed by atoms with Gasteiger partial charge in [0, 0.05) is 29.2 Å². The zero-order chi connectivity index (χ0) is 25.3. The first-order chi connectivity index (χ1) is 17.6. The van der Waals surface area contributed by atoms with Crippen molar-refractivity contribution in [2.75, 3.05) is 30.6 Å². The molecule has 4 rings (SSSR count). The Hall–Kier alpha value is -3.98. The van der Waals surface area contributed by atoms with Crippen LogP contribution in [-0.4, -0.2) is 40.6 Å². The molecule has 1 aromatic heterocycles. The average molecular weight is 504 g/mol. The maximum atomic E-state index is 12.6. The molecule has 4 aromatic rings. The molecule has 2 N–H and O–H groups in total. The number of thioether (sulfide) groups is 1. The van der Waals surface area contributed by atoms with Gasteiger partial charge in [-0.05, 0) is 67.1 Å². The van der Waals surface area contributed by atoms with E-state index in [9.17, 15) is 4.79 Å². The highest BCUT2D eigenvalue weighted by atomic mass is 32.2. The van der Waals surface area contributed by atoms with E-state index in [4.69, 9.17) is 9.47 Å². The monoisotopic (exact) mass is 503 g/mol. The Morgan fingerprint density at radius 2 is 1.67 bits per heavy atom. The van der Waals surface area contributed by atoms with Crippen LogP contribution in [0.3, 0.4) is 0 Å². The van der Waals surface area contributed by atoms with Gasteiger partial charge in [0.05, 0.1) is 20.8 Å². The van der Waals surface area contributed by atoms with Crippen LogP contribution in [0.2, 0.25) is 0 Å². The molecule has 0 unspecified atom stereocenters. The Balaban J connectivity index is 1.41. The number of methoxy groups -OCH3 is 2. The summed E-state index contributed by atoms with van der Waals surface area (Å²) in [5, 5.41) is 15.9. The molecule has 186 valence electrons. The molecule has 1 amide bonds. The number of aryl methyl sites for hydroxylation is 1. The van der Waals surface area contributed by atoms with Crippen LogP contribution in [0.15, 0.2) is 78.0 Å². The van der Waals surface area contributed by atoms with Crippen molar-refractivity contribution in [2.24, 2.45) is 0 Å². The quantitative estimate of drug-likeness (QED) is 0.268. The summed E-state index contributed by atoms with van der Waals surface area (Å²) >= 11 is 1.50. The molecule has 9 heteroatoms. The summed E-state index contributed by atoms with van der Waals surface area (Å²) in [6, 6.07) is 23.3. The highest BCUT2D eigenvalue weighted by Gasteiger charge is 2.15. The molecule has 36 heavy (non-hydrogen) atoms. The van der Waals surface area contributed by atoms with Gasteiger partial charge in [0.15, 0.2) is 11.0 Å². The Labute approximate surface area is 215 Å². The molecule has 0 radical (unpaired) electrons. The van der Waals surface area contributed by atoms with Gasteiger partial charge in [-0.2, -0.15) is 0 Å². The average Bonchev–Trinajstić information content (AvgIpc) is 3.32. The molecular formula is C27H29N5O3S. The first kappa shape index (κ1) is 25.1. The molecule has 3 aromatic carbocycles. The number of carbonyl (C=O) groups is 1. The number of benzene rings is 3. The van der Waals surface area contributed by atoms with Gasteiger partial charge in [0.2, 0.25) is 5.91 Å². The SMILES string of the molecule is COc1ccc(NCc2nnc(SCCC(=O)Nc3ccc(OC)cc3C)n2-c2ccccc2)cc1. The van der Waals surface area contributed by atoms with E-state index >= 15 is 0 Å². The Bertz CT molecular complexity index is 1290. The molecule has 0 aliphatic rings. The predicted octanol–water partition coefficient (Wildman–Crippen LogP) is 5.33. The lowest BCUT2D eigenvalue weighted by molar-refractivity contribution is -0.115. The number of nitrogens with zero attached hydrogens (tertiary/aromatic N) is 3. The molecule has 0 atom stereocenters. The van der Waals surface area contributed by atoms with E-state index in [1.54, 1.807) is 14.2 Å². The van der Waals surface area contributed by atoms with Crippen molar-refractivity contribution in [3.8, 4) is 17.2 Å². The zero-order valence-electron chi connectivity index (χ0n) is 20.5. The standard InChI is InChI=1S/C27H29N5O3S/c1-19-17-23(35-3)13-14-24(19)29-26(33)15-16-36-27-31-30-25(32(27)21-7-5-4-6-8-21)18-28-20-9-11-22(34-2)12-10-20/h4-14,17,28H,15-16,18H2,1-3H3,(H,29,33). The maximum Gasteiger partial charge on any atom is 0.225 e. The van der Waals surface area contributed by atoms with Crippen LogP contribution in [-0.2, 0) is 11.3 Å². The summed E-state index contributed by atoms with van der Waals surface area (Å²) in [6.07, 6.45) is 0.344. The van der Waals surface area contributed by atoms with Gasteiger partial charge in [-0.1, -0.05) is 30.0 Å². The number of hydrogen-bond donors (Lipinski definition) is 2. The number of aromatic nitrogens is 3. The fraction of sp³-hybridized carbons (Fsp3) is 0.222. The van der Waals surface area contributed by atoms with Gasteiger partial charge in [-0.15, -0.1) is 10.2 Å². The van der Waals surface area contributed by atoms with Crippen LogP contribution in [0.25, 0.3) is 5.69 Å². The zero-order valence-corrected chi connectivity index (χ0v) is 21.3. The molecule has 0 saturated heterocycles. The lowest BCUT2D eigenvalue weighted by atomic mass is 10.2. The second-order valence-electron chi connectivity index (χ2n) is 7.98. The van der Waals surface area contributed by atoms with Crippen molar-refractivity contribution >= 4 is 29.0 Å². The fourth-order valence-electron chi connectivity index (χ4n) is 3.59. The number of rotatable bonds is 11. The van der Waals surface area contributed by atoms with Gasteiger partial charge in [-0.25, -0.2) is 0 Å². The first-order valence-electron chi connectivity index (χ1n) is 11.5. The van der Waals surface area contributed by atoms with E-state index in [0.29, 0.717) is 18.7 Å². The molecule has 0 saturated carbocycles. The fourth-order valence-corrected chi connectivity index (χ4v) is 4.49. The van der Waals surface area contributed by atoms with E-state index < -0.39 is 0 Å². The molecule has 0 spiro atoms. The smallest absolute Gasteiger partial charge is 0.225 e. The van der Waals surface area contributed by atoms with Gasteiger partial charge in [0.25, 0.3) is 0 Å². The van der Waals surface area contributed by atoms with Crippen molar-refractivity contribution in [3.05, 3.63) is 84.2 Å². The second-order valence-corrected chi connectivity index (χ2v) is 9.04. The number of amides is 1. The topological polar surface area (TPSA) is 90.3 Å². The van der Waals surface area contributed by atoms with Crippen LogP contribution in [0.4, 0.5) is 11.4 Å². The van der Waals surface area contributed by atoms with Gasteiger partial charge < -0.3 is 20.1 Å². The van der Waals surface area contributed by atoms with Gasteiger partial charge >= 0.3 is 0 Å². The van der Waals surface area contributed by atoms with Crippen molar-refractivity contribution in [1.29, 1.82) is 0 Å². The van der Waals surface area contributed by atoms with Crippen molar-refractivity contribution < 1.29 is 14.3 Å². The summed E-state index contributed by atoms with van der Waals surface area (Å²) in [5.41, 5.74) is 3.66. The van der Waals surface area contributed by atoms with E-state index in [-0.39, 0.29) is 5.91 Å². The van der Waals surface area contributed by atoms with Gasteiger partial charge in [-0.3, -0.25) is 9.36 Å². The highest BCUT2D eigenvalue weighted by molar-refractivity contribution is 7.99. The maximum absolute atomic E-state index is 12.6. The van der Waals surface area contributed by atoms with Crippen LogP contribution in [0.1, 0.15) is 17.8 Å². The van der Waals surface area contributed by atoms with Crippen molar-refractivity contribution in [3.63, 3.8) is 0 Å². The third-order valence-electron chi connectivity index (χ3n) is 5.52. The molecule has 0 bridgehead atoms. The van der Waals surface area contributed by atoms with Gasteiger partial charge in [0.1, 0.15) is 11.5 Å². The van der Waals surface area contributed by atoms with E-state index in [1.807, 2.05) is 84.3 Å². The normalized spacial score (nSPS) is 10.6. The first-order valence-corrected chi connectivity index (χ1v) is 12.5. The van der Waals surface area contributed by atoms with Crippen LogP contribution in [0, 0.1) is 6.92 Å².